The van der Waals surface area contributed by atoms with Crippen LogP contribution in [-0.4, -0.2) is 24.9 Å². The van der Waals surface area contributed by atoms with E-state index in [4.69, 9.17) is 11.6 Å². The average Bonchev–Trinajstić information content (AvgIpc) is 2.55. The van der Waals surface area contributed by atoms with Gasteiger partial charge >= 0.3 is 0 Å². The van der Waals surface area contributed by atoms with Crippen LogP contribution in [0, 0.1) is 5.92 Å². The number of carbonyl (C=O) groups is 1. The summed E-state index contributed by atoms with van der Waals surface area (Å²) in [4.78, 5) is 15.0. The van der Waals surface area contributed by atoms with Gasteiger partial charge in [-0.2, -0.15) is 0 Å². The quantitative estimate of drug-likeness (QED) is 0.792. The molecule has 1 amide bonds. The van der Waals surface area contributed by atoms with Crippen LogP contribution in [0.15, 0.2) is 48.5 Å². The van der Waals surface area contributed by atoms with Crippen LogP contribution in [0.2, 0.25) is 5.02 Å². The second-order valence-electron chi connectivity index (χ2n) is 7.00. The number of hydrogen-bond acceptors (Lipinski definition) is 2. The number of halogens is 1. The number of amides is 1. The number of carbonyl (C=O) groups excluding carboxylic acids is 1. The largest absolute Gasteiger partial charge is 0.351 e. The van der Waals surface area contributed by atoms with Gasteiger partial charge in [-0.25, -0.2) is 0 Å². The van der Waals surface area contributed by atoms with Gasteiger partial charge in [-0.05, 0) is 48.8 Å². The standard InChI is InChI=1S/C21H27ClN2O/c1-15(2)20(16-9-11-19(22)12-10-16)21(25)23-13-17-7-5-6-8-18(17)14-24(3)4/h5-12,15,20H,13-14H2,1-4H3,(H,23,25)/t20-/m0/s1. The Morgan fingerprint density at radius 2 is 1.64 bits per heavy atom. The van der Waals surface area contributed by atoms with Crippen LogP contribution >= 0.6 is 11.6 Å². The number of hydrogen-bond donors (Lipinski definition) is 1. The zero-order valence-electron chi connectivity index (χ0n) is 15.4. The van der Waals surface area contributed by atoms with E-state index in [1.807, 2.05) is 50.5 Å². The van der Waals surface area contributed by atoms with Crippen molar-refractivity contribution in [2.45, 2.75) is 32.9 Å². The highest BCUT2D eigenvalue weighted by Gasteiger charge is 2.24. The summed E-state index contributed by atoms with van der Waals surface area (Å²) in [5, 5.41) is 3.80. The van der Waals surface area contributed by atoms with E-state index in [0.29, 0.717) is 11.6 Å². The minimum atomic E-state index is -0.182. The SMILES string of the molecule is CC(C)[C@H](C(=O)NCc1ccccc1CN(C)C)c1ccc(Cl)cc1. The van der Waals surface area contributed by atoms with Gasteiger partial charge in [0.05, 0.1) is 5.92 Å². The van der Waals surface area contributed by atoms with E-state index in [0.717, 1.165) is 17.7 Å². The summed E-state index contributed by atoms with van der Waals surface area (Å²) >= 11 is 5.97. The molecule has 0 aliphatic rings. The van der Waals surface area contributed by atoms with Gasteiger partial charge in [0.1, 0.15) is 0 Å². The number of rotatable bonds is 7. The van der Waals surface area contributed by atoms with Gasteiger partial charge in [0.2, 0.25) is 5.91 Å². The van der Waals surface area contributed by atoms with E-state index < -0.39 is 0 Å². The summed E-state index contributed by atoms with van der Waals surface area (Å²) in [6.07, 6.45) is 0. The molecule has 1 atom stereocenters. The molecule has 4 heteroatoms. The molecule has 2 aromatic rings. The number of nitrogens with one attached hydrogen (secondary N) is 1. The van der Waals surface area contributed by atoms with Gasteiger partial charge in [-0.1, -0.05) is 61.8 Å². The first-order valence-corrected chi connectivity index (χ1v) is 9.01. The summed E-state index contributed by atoms with van der Waals surface area (Å²) in [6, 6.07) is 15.8. The molecular weight excluding hydrogens is 332 g/mol. The molecule has 0 fully saturated rings. The predicted octanol–water partition coefficient (Wildman–Crippen LogP) is 4.46. The van der Waals surface area contributed by atoms with E-state index in [1.54, 1.807) is 0 Å². The molecule has 3 nitrogen and oxygen atoms in total. The molecule has 134 valence electrons. The van der Waals surface area contributed by atoms with Crippen LogP contribution in [0.25, 0.3) is 0 Å². The molecule has 0 heterocycles. The molecule has 0 spiro atoms. The molecule has 2 aromatic carbocycles. The van der Waals surface area contributed by atoms with Crippen LogP contribution in [0.5, 0.6) is 0 Å². The van der Waals surface area contributed by atoms with Crippen LogP contribution < -0.4 is 5.32 Å². The Hall–Kier alpha value is -1.84. The van der Waals surface area contributed by atoms with Gasteiger partial charge in [0.25, 0.3) is 0 Å². The second kappa shape index (κ2) is 9.02. The molecule has 1 N–H and O–H groups in total. The van der Waals surface area contributed by atoms with Crippen LogP contribution in [0.4, 0.5) is 0 Å². The molecule has 0 aromatic heterocycles. The van der Waals surface area contributed by atoms with Gasteiger partial charge < -0.3 is 10.2 Å². The van der Waals surface area contributed by atoms with Crippen molar-refractivity contribution >= 4 is 17.5 Å². The molecule has 2 rings (SSSR count). The highest BCUT2D eigenvalue weighted by atomic mass is 35.5. The lowest BCUT2D eigenvalue weighted by atomic mass is 9.87. The zero-order valence-corrected chi connectivity index (χ0v) is 16.2. The Labute approximate surface area is 156 Å². The third-order valence-electron chi connectivity index (χ3n) is 4.24. The lowest BCUT2D eigenvalue weighted by Gasteiger charge is -2.22. The highest BCUT2D eigenvalue weighted by molar-refractivity contribution is 6.30. The molecule has 0 bridgehead atoms. The van der Waals surface area contributed by atoms with Crippen molar-refractivity contribution in [1.29, 1.82) is 0 Å². The maximum absolute atomic E-state index is 12.8. The Kier molecular flexibility index (Phi) is 7.03. The van der Waals surface area contributed by atoms with Crippen molar-refractivity contribution in [3.63, 3.8) is 0 Å². The molecule has 25 heavy (non-hydrogen) atoms. The van der Waals surface area contributed by atoms with Gasteiger partial charge in [0.15, 0.2) is 0 Å². The third kappa shape index (κ3) is 5.58. The van der Waals surface area contributed by atoms with Crippen molar-refractivity contribution < 1.29 is 4.79 Å². The number of nitrogens with zero attached hydrogens (tertiary/aromatic N) is 1. The predicted molar refractivity (Wildman–Crippen MR) is 105 cm³/mol. The summed E-state index contributed by atoms with van der Waals surface area (Å²) in [7, 11) is 4.09. The fourth-order valence-corrected chi connectivity index (χ4v) is 3.15. The summed E-state index contributed by atoms with van der Waals surface area (Å²) < 4.78 is 0. The van der Waals surface area contributed by atoms with Crippen LogP contribution in [0.1, 0.15) is 36.5 Å². The normalized spacial score (nSPS) is 12.4. The van der Waals surface area contributed by atoms with E-state index >= 15 is 0 Å². The maximum Gasteiger partial charge on any atom is 0.228 e. The third-order valence-corrected chi connectivity index (χ3v) is 4.49. The molecular formula is C21H27ClN2O. The van der Waals surface area contributed by atoms with Gasteiger partial charge in [0, 0.05) is 18.1 Å². The average molecular weight is 359 g/mol. The minimum Gasteiger partial charge on any atom is -0.351 e. The van der Waals surface area contributed by atoms with Crippen molar-refractivity contribution in [2.75, 3.05) is 14.1 Å². The molecule has 0 saturated carbocycles. The Morgan fingerprint density at radius 1 is 1.04 bits per heavy atom. The van der Waals surface area contributed by atoms with Crippen LogP contribution in [0.3, 0.4) is 0 Å². The van der Waals surface area contributed by atoms with Crippen molar-refractivity contribution in [1.82, 2.24) is 10.2 Å². The molecule has 0 saturated heterocycles. The fraction of sp³-hybridized carbons (Fsp3) is 0.381. The summed E-state index contributed by atoms with van der Waals surface area (Å²) in [6.45, 7) is 5.54. The molecule has 0 aliphatic heterocycles. The first-order chi connectivity index (χ1) is 11.9. The lowest BCUT2D eigenvalue weighted by Crippen LogP contribution is -2.32. The van der Waals surface area contributed by atoms with Crippen LogP contribution in [-0.2, 0) is 17.9 Å². The number of benzene rings is 2. The van der Waals surface area contributed by atoms with Gasteiger partial charge in [-0.3, -0.25) is 4.79 Å². The Bertz CT molecular complexity index is 695. The maximum atomic E-state index is 12.8. The zero-order chi connectivity index (χ0) is 18.4. The Morgan fingerprint density at radius 3 is 2.20 bits per heavy atom. The second-order valence-corrected chi connectivity index (χ2v) is 7.43. The molecule has 0 aliphatic carbocycles. The van der Waals surface area contributed by atoms with Crippen molar-refractivity contribution in [3.8, 4) is 0 Å². The minimum absolute atomic E-state index is 0.0528. The monoisotopic (exact) mass is 358 g/mol. The first-order valence-electron chi connectivity index (χ1n) is 8.63. The summed E-state index contributed by atoms with van der Waals surface area (Å²) in [5.74, 6) is 0.0773. The van der Waals surface area contributed by atoms with Crippen molar-refractivity contribution in [2.24, 2.45) is 5.92 Å². The summed E-state index contributed by atoms with van der Waals surface area (Å²) in [5.41, 5.74) is 3.39. The smallest absolute Gasteiger partial charge is 0.228 e. The van der Waals surface area contributed by atoms with E-state index in [1.165, 1.54) is 5.56 Å². The fourth-order valence-electron chi connectivity index (χ4n) is 3.03. The van der Waals surface area contributed by atoms with Crippen molar-refractivity contribution in [3.05, 3.63) is 70.2 Å². The topological polar surface area (TPSA) is 32.3 Å². The molecule has 0 unspecified atom stereocenters. The van der Waals surface area contributed by atoms with E-state index in [-0.39, 0.29) is 17.7 Å². The lowest BCUT2D eigenvalue weighted by molar-refractivity contribution is -0.123. The molecule has 0 radical (unpaired) electrons. The van der Waals surface area contributed by atoms with E-state index in [9.17, 15) is 4.79 Å². The highest BCUT2D eigenvalue weighted by Crippen LogP contribution is 2.26. The Balaban J connectivity index is 2.11. The van der Waals surface area contributed by atoms with E-state index in [2.05, 4.69) is 36.2 Å². The van der Waals surface area contributed by atoms with Gasteiger partial charge in [-0.15, -0.1) is 0 Å². The first kappa shape index (κ1) is 19.5.